The number of carbonyl (C=O) groups is 2. The number of nitrogens with zero attached hydrogens (tertiary/aromatic N) is 4. The maximum absolute atomic E-state index is 13.7. The van der Waals surface area contributed by atoms with Crippen LogP contribution in [0.4, 0.5) is 5.82 Å². The number of fused-ring (bicyclic) bond motifs is 1. The molecule has 5 rings (SSSR count). The summed E-state index contributed by atoms with van der Waals surface area (Å²) in [7, 11) is 2.12. The molecule has 0 atom stereocenters. The molecule has 0 aliphatic carbocycles. The van der Waals surface area contributed by atoms with E-state index in [2.05, 4.69) is 40.7 Å². The van der Waals surface area contributed by atoms with E-state index in [9.17, 15) is 14.4 Å². The molecule has 1 aliphatic heterocycles. The van der Waals surface area contributed by atoms with E-state index in [0.29, 0.717) is 11.1 Å². The molecule has 0 spiro atoms. The zero-order valence-electron chi connectivity index (χ0n) is 24.6. The predicted octanol–water partition coefficient (Wildman–Crippen LogP) is 4.09. The molecule has 0 bridgehead atoms. The monoisotopic (exact) mass is 566 g/mol. The van der Waals surface area contributed by atoms with Gasteiger partial charge in [-0.05, 0) is 74.0 Å². The number of anilines is 1. The van der Waals surface area contributed by atoms with Crippen molar-refractivity contribution in [1.29, 1.82) is 0 Å². The summed E-state index contributed by atoms with van der Waals surface area (Å²) in [5, 5.41) is 3.71. The number of aromatic nitrogens is 3. The first-order chi connectivity index (χ1) is 20.3. The van der Waals surface area contributed by atoms with Crippen LogP contribution in [0, 0.1) is 6.92 Å². The number of allylic oxidation sites excluding steroid dienone is 1. The van der Waals surface area contributed by atoms with E-state index in [-0.39, 0.29) is 30.3 Å². The molecule has 0 saturated carbocycles. The molecule has 0 radical (unpaired) electrons. The number of pyridine rings is 2. The summed E-state index contributed by atoms with van der Waals surface area (Å²) in [6, 6.07) is 11.7. The molecular formula is C33H38N6O3. The third kappa shape index (κ3) is 6.21. The highest BCUT2D eigenvalue weighted by Gasteiger charge is 2.19. The molecule has 2 N–H and O–H groups in total. The van der Waals surface area contributed by atoms with Gasteiger partial charge < -0.3 is 24.7 Å². The van der Waals surface area contributed by atoms with Gasteiger partial charge in [-0.2, -0.15) is 0 Å². The van der Waals surface area contributed by atoms with Crippen molar-refractivity contribution in [2.24, 2.45) is 0 Å². The average molecular weight is 567 g/mol. The Morgan fingerprint density at radius 3 is 2.57 bits per heavy atom. The van der Waals surface area contributed by atoms with Crippen LogP contribution in [0.2, 0.25) is 0 Å². The van der Waals surface area contributed by atoms with Gasteiger partial charge in [-0.15, -0.1) is 0 Å². The largest absolute Gasteiger partial charge is 0.354 e. The van der Waals surface area contributed by atoms with Crippen molar-refractivity contribution in [3.05, 3.63) is 94.2 Å². The molecule has 1 aromatic carbocycles. The standard InChI is InChI=1S/C33H38N6O3/c1-5-7-23-16-22(3)36-33(42)29(23)20-35-32(41)28-17-25(18-30-27(28)10-11-39(30)21-26(40)6-2)24-8-9-31(34-19-24)38-14-12-37(4)13-15-38/h6,8-11,16-19H,2,5,7,12-15,20-21H2,1,3-4H3,(H,35,41)(H,36,42). The number of piperazine rings is 1. The second-order valence-electron chi connectivity index (χ2n) is 11.0. The highest BCUT2D eigenvalue weighted by Crippen LogP contribution is 2.30. The summed E-state index contributed by atoms with van der Waals surface area (Å²) in [6.45, 7) is 11.6. The SMILES string of the molecule is C=CC(=O)Cn1ccc2c(C(=O)NCc3c(CCC)cc(C)[nH]c3=O)cc(-c3ccc(N4CCN(C)CC4)nc3)cc21. The summed E-state index contributed by atoms with van der Waals surface area (Å²) in [6.07, 6.45) is 6.60. The van der Waals surface area contributed by atoms with Crippen LogP contribution in [-0.4, -0.2) is 64.4 Å². The van der Waals surface area contributed by atoms with Gasteiger partial charge in [0, 0.05) is 78.4 Å². The van der Waals surface area contributed by atoms with E-state index >= 15 is 0 Å². The number of H-pyrrole nitrogens is 1. The van der Waals surface area contributed by atoms with Crippen LogP contribution < -0.4 is 15.8 Å². The molecular weight excluding hydrogens is 528 g/mol. The number of likely N-dealkylation sites (N-methyl/N-ethyl adjacent to an activating group) is 1. The number of ketones is 1. The first kappa shape index (κ1) is 29.0. The smallest absolute Gasteiger partial charge is 0.253 e. The Labute approximate surface area is 245 Å². The Morgan fingerprint density at radius 2 is 1.88 bits per heavy atom. The number of rotatable bonds is 10. The number of aryl methyl sites for hydroxylation is 2. The maximum Gasteiger partial charge on any atom is 0.253 e. The van der Waals surface area contributed by atoms with E-state index in [4.69, 9.17) is 4.98 Å². The van der Waals surface area contributed by atoms with Gasteiger partial charge in [0.2, 0.25) is 0 Å². The fourth-order valence-corrected chi connectivity index (χ4v) is 5.53. The van der Waals surface area contributed by atoms with Crippen LogP contribution in [0.15, 0.2) is 66.2 Å². The molecule has 42 heavy (non-hydrogen) atoms. The summed E-state index contributed by atoms with van der Waals surface area (Å²) in [5.41, 5.74) is 5.04. The van der Waals surface area contributed by atoms with Crippen molar-refractivity contribution in [1.82, 2.24) is 24.8 Å². The molecule has 4 heterocycles. The minimum absolute atomic E-state index is 0.117. The van der Waals surface area contributed by atoms with Crippen molar-refractivity contribution < 1.29 is 9.59 Å². The fraction of sp³-hybridized carbons (Fsp3) is 0.333. The first-order valence-electron chi connectivity index (χ1n) is 14.4. The highest BCUT2D eigenvalue weighted by atomic mass is 16.2. The fourth-order valence-electron chi connectivity index (χ4n) is 5.53. The minimum atomic E-state index is -0.293. The molecule has 1 saturated heterocycles. The van der Waals surface area contributed by atoms with Crippen LogP contribution in [0.25, 0.3) is 22.0 Å². The lowest BCUT2D eigenvalue weighted by Crippen LogP contribution is -2.44. The summed E-state index contributed by atoms with van der Waals surface area (Å²) < 4.78 is 1.83. The van der Waals surface area contributed by atoms with Crippen LogP contribution in [-0.2, 0) is 24.3 Å². The number of hydrogen-bond acceptors (Lipinski definition) is 6. The maximum atomic E-state index is 13.7. The van der Waals surface area contributed by atoms with E-state index in [1.807, 2.05) is 60.3 Å². The van der Waals surface area contributed by atoms with Crippen LogP contribution in [0.3, 0.4) is 0 Å². The molecule has 1 amide bonds. The lowest BCUT2D eigenvalue weighted by atomic mass is 10.00. The first-order valence-corrected chi connectivity index (χ1v) is 14.4. The number of hydrogen-bond donors (Lipinski definition) is 2. The Bertz CT molecular complexity index is 1680. The third-order valence-electron chi connectivity index (χ3n) is 7.90. The van der Waals surface area contributed by atoms with Gasteiger partial charge in [-0.25, -0.2) is 4.98 Å². The molecule has 9 heteroatoms. The van der Waals surface area contributed by atoms with Gasteiger partial charge in [-0.1, -0.05) is 19.9 Å². The Morgan fingerprint density at radius 1 is 1.10 bits per heavy atom. The lowest BCUT2D eigenvalue weighted by molar-refractivity contribution is -0.115. The van der Waals surface area contributed by atoms with Gasteiger partial charge in [0.05, 0.1) is 6.54 Å². The van der Waals surface area contributed by atoms with Crippen LogP contribution in [0.5, 0.6) is 0 Å². The van der Waals surface area contributed by atoms with Crippen molar-refractivity contribution in [2.45, 2.75) is 39.8 Å². The molecule has 4 aromatic rings. The third-order valence-corrected chi connectivity index (χ3v) is 7.90. The van der Waals surface area contributed by atoms with E-state index in [0.717, 1.165) is 78.1 Å². The zero-order valence-corrected chi connectivity index (χ0v) is 24.6. The van der Waals surface area contributed by atoms with Crippen molar-refractivity contribution in [3.8, 4) is 11.1 Å². The zero-order chi connectivity index (χ0) is 29.8. The highest BCUT2D eigenvalue weighted by molar-refractivity contribution is 6.08. The van der Waals surface area contributed by atoms with E-state index < -0.39 is 0 Å². The summed E-state index contributed by atoms with van der Waals surface area (Å²) >= 11 is 0. The second-order valence-corrected chi connectivity index (χ2v) is 11.0. The molecule has 1 fully saturated rings. The minimum Gasteiger partial charge on any atom is -0.354 e. The van der Waals surface area contributed by atoms with Crippen molar-refractivity contribution in [3.63, 3.8) is 0 Å². The topological polar surface area (TPSA) is 103 Å². The molecule has 1 aliphatic rings. The number of benzene rings is 1. The van der Waals surface area contributed by atoms with Gasteiger partial charge >= 0.3 is 0 Å². The molecule has 218 valence electrons. The molecule has 0 unspecified atom stereocenters. The summed E-state index contributed by atoms with van der Waals surface area (Å²) in [5.74, 6) is 0.514. The Hall–Kier alpha value is -4.50. The van der Waals surface area contributed by atoms with Crippen molar-refractivity contribution >= 4 is 28.4 Å². The Balaban J connectivity index is 1.49. The second kappa shape index (κ2) is 12.6. The van der Waals surface area contributed by atoms with E-state index in [1.54, 1.807) is 0 Å². The average Bonchev–Trinajstić information content (AvgIpc) is 3.39. The van der Waals surface area contributed by atoms with Gasteiger partial charge in [-0.3, -0.25) is 14.4 Å². The van der Waals surface area contributed by atoms with Gasteiger partial charge in [0.15, 0.2) is 5.78 Å². The Kier molecular flexibility index (Phi) is 8.68. The van der Waals surface area contributed by atoms with Crippen molar-refractivity contribution in [2.75, 3.05) is 38.1 Å². The summed E-state index contributed by atoms with van der Waals surface area (Å²) in [4.78, 5) is 50.9. The molecule has 9 nitrogen and oxygen atoms in total. The molecule has 3 aromatic heterocycles. The van der Waals surface area contributed by atoms with Gasteiger partial charge in [0.1, 0.15) is 5.82 Å². The quantitative estimate of drug-likeness (QED) is 0.280. The lowest BCUT2D eigenvalue weighted by Gasteiger charge is -2.33. The van der Waals surface area contributed by atoms with Crippen LogP contribution >= 0.6 is 0 Å². The van der Waals surface area contributed by atoms with Gasteiger partial charge in [0.25, 0.3) is 11.5 Å². The number of carbonyl (C=O) groups excluding carboxylic acids is 2. The normalized spacial score (nSPS) is 13.8. The number of aromatic amines is 1. The number of amides is 1. The van der Waals surface area contributed by atoms with Crippen LogP contribution in [0.1, 0.15) is 40.5 Å². The van der Waals surface area contributed by atoms with E-state index in [1.165, 1.54) is 6.08 Å². The predicted molar refractivity (Wildman–Crippen MR) is 167 cm³/mol. The number of nitrogens with one attached hydrogen (secondary N) is 2.